The molecule has 0 spiro atoms. The Morgan fingerprint density at radius 1 is 1.40 bits per heavy atom. The van der Waals surface area contributed by atoms with Crippen LogP contribution in [0.3, 0.4) is 0 Å². The third-order valence-electron chi connectivity index (χ3n) is 4.96. The molecule has 0 aliphatic carbocycles. The van der Waals surface area contributed by atoms with Crippen molar-refractivity contribution in [2.24, 2.45) is 0 Å². The number of rotatable bonds is 5. The number of aromatic nitrogens is 1. The lowest BCUT2D eigenvalue weighted by molar-refractivity contribution is -0.129. The van der Waals surface area contributed by atoms with Crippen LogP contribution in [0.5, 0.6) is 0 Å². The number of thioether (sulfide) groups is 1. The van der Waals surface area contributed by atoms with Crippen LogP contribution in [0.25, 0.3) is 0 Å². The van der Waals surface area contributed by atoms with Crippen LogP contribution in [0, 0.1) is 0 Å². The fourth-order valence-corrected chi connectivity index (χ4v) is 4.37. The Bertz CT molecular complexity index is 627. The lowest BCUT2D eigenvalue weighted by Gasteiger charge is -2.25. The molecule has 2 saturated heterocycles. The topological polar surface area (TPSA) is 65.5 Å². The van der Waals surface area contributed by atoms with Crippen molar-refractivity contribution in [1.29, 1.82) is 0 Å². The largest absolute Gasteiger partial charge is 0.342 e. The standard InChI is InChI=1S/C18H26N4O2S/c1-13(17(23)22-10-3-4-11-22)25-16-15(6-5-8-20-16)18(24)21(2)14-7-9-19-12-14/h5-6,8,13-14,19H,3-4,7,9-12H2,1-2H3. The number of hydrogen-bond donors (Lipinski definition) is 1. The van der Waals surface area contributed by atoms with Crippen LogP contribution < -0.4 is 5.32 Å². The zero-order valence-corrected chi connectivity index (χ0v) is 15.7. The Balaban J connectivity index is 1.71. The van der Waals surface area contributed by atoms with Crippen molar-refractivity contribution >= 4 is 23.6 Å². The fraction of sp³-hybridized carbons (Fsp3) is 0.611. The molecular weight excluding hydrogens is 336 g/mol. The van der Waals surface area contributed by atoms with Gasteiger partial charge in [0.1, 0.15) is 5.03 Å². The minimum absolute atomic E-state index is 0.0230. The van der Waals surface area contributed by atoms with E-state index in [1.54, 1.807) is 17.2 Å². The maximum absolute atomic E-state index is 12.9. The van der Waals surface area contributed by atoms with E-state index in [-0.39, 0.29) is 23.1 Å². The number of carbonyl (C=O) groups is 2. The molecule has 2 atom stereocenters. The van der Waals surface area contributed by atoms with E-state index < -0.39 is 0 Å². The van der Waals surface area contributed by atoms with Gasteiger partial charge in [-0.3, -0.25) is 9.59 Å². The van der Waals surface area contributed by atoms with Crippen LogP contribution in [0.1, 0.15) is 36.5 Å². The highest BCUT2D eigenvalue weighted by atomic mass is 32.2. The normalized spacial score (nSPS) is 21.4. The molecule has 0 aromatic carbocycles. The zero-order valence-electron chi connectivity index (χ0n) is 14.9. The summed E-state index contributed by atoms with van der Waals surface area (Å²) in [7, 11) is 1.85. The van der Waals surface area contributed by atoms with Gasteiger partial charge < -0.3 is 15.1 Å². The summed E-state index contributed by atoms with van der Waals surface area (Å²) in [6.45, 7) is 5.36. The summed E-state index contributed by atoms with van der Waals surface area (Å²) in [5, 5.41) is 3.69. The predicted molar refractivity (Wildman–Crippen MR) is 98.7 cm³/mol. The molecule has 1 aromatic heterocycles. The molecule has 2 fully saturated rings. The van der Waals surface area contributed by atoms with E-state index in [4.69, 9.17) is 0 Å². The van der Waals surface area contributed by atoms with Crippen molar-refractivity contribution in [3.8, 4) is 0 Å². The summed E-state index contributed by atoms with van der Waals surface area (Å²) in [4.78, 5) is 33.6. The van der Waals surface area contributed by atoms with Gasteiger partial charge in [-0.2, -0.15) is 0 Å². The number of hydrogen-bond acceptors (Lipinski definition) is 5. The van der Waals surface area contributed by atoms with E-state index in [0.717, 1.165) is 45.4 Å². The number of carbonyl (C=O) groups excluding carboxylic acids is 2. The number of likely N-dealkylation sites (tertiary alicyclic amines) is 1. The van der Waals surface area contributed by atoms with Crippen molar-refractivity contribution < 1.29 is 9.59 Å². The lowest BCUT2D eigenvalue weighted by Crippen LogP contribution is -2.38. The molecule has 2 amide bonds. The molecule has 7 heteroatoms. The summed E-state index contributed by atoms with van der Waals surface area (Å²) in [5.41, 5.74) is 0.586. The van der Waals surface area contributed by atoms with E-state index in [0.29, 0.717) is 10.6 Å². The Morgan fingerprint density at radius 2 is 2.16 bits per heavy atom. The highest BCUT2D eigenvalue weighted by Crippen LogP contribution is 2.28. The highest BCUT2D eigenvalue weighted by Gasteiger charge is 2.28. The van der Waals surface area contributed by atoms with Gasteiger partial charge in [0.15, 0.2) is 0 Å². The van der Waals surface area contributed by atoms with Crippen LogP contribution in [0.2, 0.25) is 0 Å². The van der Waals surface area contributed by atoms with E-state index >= 15 is 0 Å². The second-order valence-electron chi connectivity index (χ2n) is 6.71. The van der Waals surface area contributed by atoms with Gasteiger partial charge in [0, 0.05) is 38.9 Å². The molecule has 2 aliphatic rings. The number of amides is 2. The molecule has 0 saturated carbocycles. The van der Waals surface area contributed by atoms with Gasteiger partial charge in [0.05, 0.1) is 10.8 Å². The van der Waals surface area contributed by atoms with Crippen LogP contribution in [-0.4, -0.2) is 71.1 Å². The summed E-state index contributed by atoms with van der Waals surface area (Å²) in [6, 6.07) is 3.81. The van der Waals surface area contributed by atoms with Gasteiger partial charge in [-0.05, 0) is 44.9 Å². The van der Waals surface area contributed by atoms with Gasteiger partial charge in [-0.25, -0.2) is 4.98 Å². The van der Waals surface area contributed by atoms with Crippen molar-refractivity contribution in [3.63, 3.8) is 0 Å². The molecule has 3 rings (SSSR count). The first-order valence-electron chi connectivity index (χ1n) is 8.96. The minimum atomic E-state index is -0.238. The monoisotopic (exact) mass is 362 g/mol. The van der Waals surface area contributed by atoms with Crippen molar-refractivity contribution in [2.45, 2.75) is 42.5 Å². The molecule has 1 aromatic rings. The number of nitrogens with zero attached hydrogens (tertiary/aromatic N) is 3. The number of nitrogens with one attached hydrogen (secondary N) is 1. The number of likely N-dealkylation sites (N-methyl/N-ethyl adjacent to an activating group) is 1. The molecule has 6 nitrogen and oxygen atoms in total. The summed E-state index contributed by atoms with van der Waals surface area (Å²) in [5.74, 6) is 0.116. The predicted octanol–water partition coefficient (Wildman–Crippen LogP) is 1.62. The van der Waals surface area contributed by atoms with Crippen LogP contribution in [-0.2, 0) is 4.79 Å². The summed E-state index contributed by atoms with van der Waals surface area (Å²) >= 11 is 1.39. The van der Waals surface area contributed by atoms with Gasteiger partial charge in [-0.1, -0.05) is 11.8 Å². The zero-order chi connectivity index (χ0) is 17.8. The average Bonchev–Trinajstić information content (AvgIpc) is 3.33. The molecular formula is C18H26N4O2S. The maximum Gasteiger partial charge on any atom is 0.256 e. The summed E-state index contributed by atoms with van der Waals surface area (Å²) in [6.07, 6.45) is 4.81. The van der Waals surface area contributed by atoms with Gasteiger partial charge >= 0.3 is 0 Å². The van der Waals surface area contributed by atoms with Crippen molar-refractivity contribution in [3.05, 3.63) is 23.9 Å². The SMILES string of the molecule is CC(Sc1ncccc1C(=O)N(C)C1CCNC1)C(=O)N1CCCC1. The lowest BCUT2D eigenvalue weighted by atomic mass is 10.2. The first-order chi connectivity index (χ1) is 12.1. The summed E-state index contributed by atoms with van der Waals surface area (Å²) < 4.78 is 0. The second kappa shape index (κ2) is 8.19. The van der Waals surface area contributed by atoms with Crippen LogP contribution in [0.15, 0.2) is 23.4 Å². The van der Waals surface area contributed by atoms with E-state index in [1.165, 1.54) is 11.8 Å². The van der Waals surface area contributed by atoms with Gasteiger partial charge in [-0.15, -0.1) is 0 Å². The minimum Gasteiger partial charge on any atom is -0.342 e. The molecule has 2 aliphatic heterocycles. The molecule has 2 unspecified atom stereocenters. The second-order valence-corrected chi connectivity index (χ2v) is 8.04. The van der Waals surface area contributed by atoms with Crippen molar-refractivity contribution in [2.75, 3.05) is 33.2 Å². The average molecular weight is 362 g/mol. The highest BCUT2D eigenvalue weighted by molar-refractivity contribution is 8.00. The first kappa shape index (κ1) is 18.2. The third kappa shape index (κ3) is 4.15. The van der Waals surface area contributed by atoms with Crippen LogP contribution >= 0.6 is 11.8 Å². The van der Waals surface area contributed by atoms with E-state index in [1.807, 2.05) is 24.9 Å². The van der Waals surface area contributed by atoms with E-state index in [2.05, 4.69) is 10.3 Å². The smallest absolute Gasteiger partial charge is 0.256 e. The van der Waals surface area contributed by atoms with Gasteiger partial charge in [0.25, 0.3) is 5.91 Å². The number of pyridine rings is 1. The third-order valence-corrected chi connectivity index (χ3v) is 6.06. The van der Waals surface area contributed by atoms with Gasteiger partial charge in [0.2, 0.25) is 5.91 Å². The Labute approximate surface area is 153 Å². The van der Waals surface area contributed by atoms with Crippen molar-refractivity contribution in [1.82, 2.24) is 20.1 Å². The Morgan fingerprint density at radius 3 is 2.84 bits per heavy atom. The van der Waals surface area contributed by atoms with E-state index in [9.17, 15) is 9.59 Å². The fourth-order valence-electron chi connectivity index (χ4n) is 3.39. The maximum atomic E-state index is 12.9. The molecule has 0 radical (unpaired) electrons. The van der Waals surface area contributed by atoms with Crippen LogP contribution in [0.4, 0.5) is 0 Å². The first-order valence-corrected chi connectivity index (χ1v) is 9.84. The Kier molecular flexibility index (Phi) is 5.96. The molecule has 3 heterocycles. The Hall–Kier alpha value is -1.60. The molecule has 1 N–H and O–H groups in total. The molecule has 0 bridgehead atoms. The molecule has 136 valence electrons. The molecule has 25 heavy (non-hydrogen) atoms. The quantitative estimate of drug-likeness (QED) is 0.807.